The fraction of sp³-hybridized carbons (Fsp3) is 0.684. The lowest BCUT2D eigenvalue weighted by Crippen LogP contribution is -2.38. The Balaban J connectivity index is 1.69. The smallest absolute Gasteiger partial charge is 0.0472 e. The van der Waals surface area contributed by atoms with E-state index in [9.17, 15) is 0 Å². The summed E-state index contributed by atoms with van der Waals surface area (Å²) in [5.41, 5.74) is 1.49. The monoisotopic (exact) mass is 286 g/mol. The van der Waals surface area contributed by atoms with Gasteiger partial charge in [0.15, 0.2) is 0 Å². The van der Waals surface area contributed by atoms with Gasteiger partial charge in [-0.2, -0.15) is 0 Å². The Morgan fingerprint density at radius 1 is 1.05 bits per heavy atom. The summed E-state index contributed by atoms with van der Waals surface area (Å²) in [6.07, 6.45) is 7.01. The van der Waals surface area contributed by atoms with Crippen LogP contribution in [0.1, 0.15) is 50.6 Å². The fourth-order valence-electron chi connectivity index (χ4n) is 3.14. The topological polar surface area (TPSA) is 15.3 Å². The highest BCUT2D eigenvalue weighted by Gasteiger charge is 2.32. The van der Waals surface area contributed by atoms with Crippen molar-refractivity contribution < 1.29 is 0 Å². The van der Waals surface area contributed by atoms with Gasteiger partial charge in [0.05, 0.1) is 0 Å². The summed E-state index contributed by atoms with van der Waals surface area (Å²) in [6.45, 7) is 7.09. The third-order valence-corrected chi connectivity index (χ3v) is 4.77. The third-order valence-electron chi connectivity index (χ3n) is 4.77. The van der Waals surface area contributed by atoms with E-state index in [0.717, 1.165) is 24.9 Å². The van der Waals surface area contributed by atoms with Gasteiger partial charge < -0.3 is 5.32 Å². The number of hydrogen-bond acceptors (Lipinski definition) is 2. The van der Waals surface area contributed by atoms with Crippen LogP contribution in [-0.4, -0.2) is 31.1 Å². The molecular weight excluding hydrogens is 256 g/mol. The molecule has 1 N–H and O–H groups in total. The van der Waals surface area contributed by atoms with E-state index < -0.39 is 0 Å². The molecule has 2 heteroatoms. The normalized spacial score (nSPS) is 19.9. The molecule has 0 spiro atoms. The van der Waals surface area contributed by atoms with Crippen molar-refractivity contribution in [2.75, 3.05) is 26.2 Å². The molecule has 21 heavy (non-hydrogen) atoms. The van der Waals surface area contributed by atoms with Crippen molar-refractivity contribution in [2.45, 2.75) is 45.1 Å². The lowest BCUT2D eigenvalue weighted by atomic mass is 10.0. The van der Waals surface area contributed by atoms with Crippen molar-refractivity contribution in [3.05, 3.63) is 35.9 Å². The average Bonchev–Trinajstić information content (AvgIpc) is 3.40. The van der Waals surface area contributed by atoms with E-state index in [2.05, 4.69) is 47.5 Å². The van der Waals surface area contributed by atoms with E-state index in [0.29, 0.717) is 6.04 Å². The second-order valence-corrected chi connectivity index (χ2v) is 6.97. The first-order valence-corrected chi connectivity index (χ1v) is 8.86. The fourth-order valence-corrected chi connectivity index (χ4v) is 3.14. The zero-order chi connectivity index (χ0) is 14.5. The van der Waals surface area contributed by atoms with E-state index in [4.69, 9.17) is 0 Å². The van der Waals surface area contributed by atoms with Gasteiger partial charge in [-0.05, 0) is 56.0 Å². The maximum atomic E-state index is 3.66. The summed E-state index contributed by atoms with van der Waals surface area (Å²) in [6, 6.07) is 11.7. The zero-order valence-electron chi connectivity index (χ0n) is 13.4. The predicted octanol–water partition coefficient (Wildman–Crippen LogP) is 3.85. The molecule has 0 amide bonds. The average molecular weight is 286 g/mol. The maximum absolute atomic E-state index is 3.66. The van der Waals surface area contributed by atoms with Gasteiger partial charge in [0, 0.05) is 25.7 Å². The van der Waals surface area contributed by atoms with Gasteiger partial charge in [0.2, 0.25) is 0 Å². The second-order valence-electron chi connectivity index (χ2n) is 6.97. The molecule has 0 aromatic heterocycles. The number of nitrogens with zero attached hydrogens (tertiary/aromatic N) is 1. The molecule has 0 heterocycles. The quantitative estimate of drug-likeness (QED) is 0.657. The van der Waals surface area contributed by atoms with E-state index in [1.54, 1.807) is 0 Å². The molecule has 0 saturated heterocycles. The molecule has 1 atom stereocenters. The Kier molecular flexibility index (Phi) is 5.32. The van der Waals surface area contributed by atoms with Gasteiger partial charge in [-0.1, -0.05) is 37.3 Å². The van der Waals surface area contributed by atoms with E-state index in [1.165, 1.54) is 50.8 Å². The molecule has 2 aliphatic carbocycles. The number of benzene rings is 1. The molecule has 2 fully saturated rings. The molecule has 0 bridgehead atoms. The lowest BCUT2D eigenvalue weighted by molar-refractivity contribution is 0.176. The van der Waals surface area contributed by atoms with Crippen molar-refractivity contribution in [3.8, 4) is 0 Å². The van der Waals surface area contributed by atoms with Gasteiger partial charge in [0.1, 0.15) is 0 Å². The highest BCUT2D eigenvalue weighted by molar-refractivity contribution is 5.19. The highest BCUT2D eigenvalue weighted by atomic mass is 15.2. The Bertz CT molecular complexity index is 395. The Morgan fingerprint density at radius 2 is 1.67 bits per heavy atom. The van der Waals surface area contributed by atoms with Crippen LogP contribution in [-0.2, 0) is 0 Å². The van der Waals surface area contributed by atoms with Gasteiger partial charge >= 0.3 is 0 Å². The number of nitrogens with one attached hydrogen (secondary N) is 1. The highest BCUT2D eigenvalue weighted by Crippen LogP contribution is 2.37. The van der Waals surface area contributed by atoms with Gasteiger partial charge in [-0.15, -0.1) is 0 Å². The van der Waals surface area contributed by atoms with Gasteiger partial charge in [0.25, 0.3) is 0 Å². The molecular formula is C19H30N2. The Hall–Kier alpha value is -0.860. The second kappa shape index (κ2) is 7.42. The molecule has 2 aliphatic rings. The van der Waals surface area contributed by atoms with Crippen LogP contribution in [0.4, 0.5) is 0 Å². The minimum absolute atomic E-state index is 0.555. The molecule has 2 nitrogen and oxygen atoms in total. The molecule has 1 aromatic rings. The summed E-state index contributed by atoms with van der Waals surface area (Å²) in [5, 5.41) is 3.66. The summed E-state index contributed by atoms with van der Waals surface area (Å²) < 4.78 is 0. The lowest BCUT2D eigenvalue weighted by Gasteiger charge is -2.33. The van der Waals surface area contributed by atoms with Crippen LogP contribution in [0.2, 0.25) is 0 Å². The van der Waals surface area contributed by atoms with Crippen LogP contribution >= 0.6 is 0 Å². The number of hydrogen-bond donors (Lipinski definition) is 1. The van der Waals surface area contributed by atoms with Crippen molar-refractivity contribution >= 4 is 0 Å². The van der Waals surface area contributed by atoms with Crippen LogP contribution in [0.15, 0.2) is 30.3 Å². The minimum Gasteiger partial charge on any atom is -0.315 e. The van der Waals surface area contributed by atoms with Crippen LogP contribution in [0.25, 0.3) is 0 Å². The molecule has 1 aromatic carbocycles. The Morgan fingerprint density at radius 3 is 2.19 bits per heavy atom. The third kappa shape index (κ3) is 4.82. The molecule has 0 radical (unpaired) electrons. The van der Waals surface area contributed by atoms with Crippen molar-refractivity contribution in [1.82, 2.24) is 10.2 Å². The predicted molar refractivity (Wildman–Crippen MR) is 89.4 cm³/mol. The van der Waals surface area contributed by atoms with Gasteiger partial charge in [-0.3, -0.25) is 4.90 Å². The first-order valence-electron chi connectivity index (χ1n) is 8.86. The summed E-state index contributed by atoms with van der Waals surface area (Å²) in [4.78, 5) is 2.79. The first kappa shape index (κ1) is 15.1. The molecule has 116 valence electrons. The van der Waals surface area contributed by atoms with E-state index >= 15 is 0 Å². The van der Waals surface area contributed by atoms with Crippen LogP contribution in [0.5, 0.6) is 0 Å². The van der Waals surface area contributed by atoms with Crippen molar-refractivity contribution in [3.63, 3.8) is 0 Å². The molecule has 0 aliphatic heterocycles. The largest absolute Gasteiger partial charge is 0.315 e. The zero-order valence-corrected chi connectivity index (χ0v) is 13.4. The summed E-state index contributed by atoms with van der Waals surface area (Å²) in [7, 11) is 0. The SMILES string of the molecule is CCCNCC(c1ccccc1)N(CC1CC1)CC1CC1. The van der Waals surface area contributed by atoms with Crippen LogP contribution < -0.4 is 5.32 Å². The summed E-state index contributed by atoms with van der Waals surface area (Å²) in [5.74, 6) is 1.95. The summed E-state index contributed by atoms with van der Waals surface area (Å²) >= 11 is 0. The first-order chi connectivity index (χ1) is 10.4. The number of rotatable bonds is 10. The van der Waals surface area contributed by atoms with E-state index in [1.807, 2.05) is 0 Å². The molecule has 2 saturated carbocycles. The molecule has 3 rings (SSSR count). The van der Waals surface area contributed by atoms with E-state index in [-0.39, 0.29) is 0 Å². The van der Waals surface area contributed by atoms with Crippen LogP contribution in [0.3, 0.4) is 0 Å². The standard InChI is InChI=1S/C19H30N2/c1-2-12-20-13-19(18-6-4-3-5-7-18)21(14-16-8-9-16)15-17-10-11-17/h3-7,16-17,19-20H,2,8-15H2,1H3. The Labute approximate surface area is 129 Å². The maximum Gasteiger partial charge on any atom is 0.0472 e. The minimum atomic E-state index is 0.555. The van der Waals surface area contributed by atoms with Gasteiger partial charge in [-0.25, -0.2) is 0 Å². The van der Waals surface area contributed by atoms with Crippen molar-refractivity contribution in [1.29, 1.82) is 0 Å². The van der Waals surface area contributed by atoms with Crippen LogP contribution in [0, 0.1) is 11.8 Å². The van der Waals surface area contributed by atoms with Crippen molar-refractivity contribution in [2.24, 2.45) is 11.8 Å². The molecule has 1 unspecified atom stereocenters.